The minimum absolute atomic E-state index is 1.09. The van der Waals surface area contributed by atoms with Crippen LogP contribution in [0.25, 0.3) is 21.9 Å². The van der Waals surface area contributed by atoms with Crippen LogP contribution >= 0.6 is 0 Å². The van der Waals surface area contributed by atoms with Crippen LogP contribution in [0.2, 0.25) is 0 Å². The van der Waals surface area contributed by atoms with Gasteiger partial charge in [0.05, 0.1) is 0 Å². The van der Waals surface area contributed by atoms with Gasteiger partial charge in [0.15, 0.2) is 0 Å². The predicted molar refractivity (Wildman–Crippen MR) is 105 cm³/mol. The SMILES string of the molecule is CCCCCc1ccc2c(oc3c(C)c(CCCC)ccc32)c1C. The Hall–Kier alpha value is -1.76. The van der Waals surface area contributed by atoms with Gasteiger partial charge in [-0.15, -0.1) is 0 Å². The zero-order valence-electron chi connectivity index (χ0n) is 15.7. The van der Waals surface area contributed by atoms with Crippen LogP contribution in [0.1, 0.15) is 68.2 Å². The highest BCUT2D eigenvalue weighted by Crippen LogP contribution is 2.35. The Balaban J connectivity index is 2.06. The first kappa shape index (κ1) is 17.1. The van der Waals surface area contributed by atoms with Gasteiger partial charge < -0.3 is 4.42 Å². The van der Waals surface area contributed by atoms with E-state index < -0.39 is 0 Å². The summed E-state index contributed by atoms with van der Waals surface area (Å²) in [5.74, 6) is 0. The normalized spacial score (nSPS) is 11.7. The van der Waals surface area contributed by atoms with Gasteiger partial charge in [-0.05, 0) is 61.8 Å². The van der Waals surface area contributed by atoms with Crippen molar-refractivity contribution in [2.24, 2.45) is 0 Å². The Bertz CT molecular complexity index is 838. The molecule has 0 amide bonds. The smallest absolute Gasteiger partial charge is 0.138 e. The second kappa shape index (κ2) is 7.42. The minimum Gasteiger partial charge on any atom is -0.455 e. The Kier molecular flexibility index (Phi) is 5.28. The van der Waals surface area contributed by atoms with Crippen molar-refractivity contribution in [2.45, 2.75) is 72.6 Å². The van der Waals surface area contributed by atoms with E-state index in [0.29, 0.717) is 0 Å². The average Bonchev–Trinajstić information content (AvgIpc) is 2.97. The zero-order chi connectivity index (χ0) is 17.1. The maximum absolute atomic E-state index is 6.38. The van der Waals surface area contributed by atoms with E-state index in [1.165, 1.54) is 65.1 Å². The van der Waals surface area contributed by atoms with Gasteiger partial charge in [0.2, 0.25) is 0 Å². The standard InChI is InChI=1S/C23H30O/c1-5-7-9-11-19-13-15-21-20-14-12-18(10-8-6-2)16(3)22(20)24-23(21)17(19)4/h12-15H,5-11H2,1-4H3. The van der Waals surface area contributed by atoms with E-state index in [9.17, 15) is 0 Å². The molecular formula is C23H30O. The quantitative estimate of drug-likeness (QED) is 0.417. The number of rotatable bonds is 7. The molecule has 0 radical (unpaired) electrons. The second-order valence-corrected chi connectivity index (χ2v) is 7.12. The predicted octanol–water partition coefficient (Wildman–Crippen LogP) is 7.28. The third kappa shape index (κ3) is 3.09. The Morgan fingerprint density at radius 1 is 0.667 bits per heavy atom. The van der Waals surface area contributed by atoms with Crippen LogP contribution in [-0.2, 0) is 12.8 Å². The van der Waals surface area contributed by atoms with E-state index in [4.69, 9.17) is 4.42 Å². The molecule has 0 aliphatic heterocycles. The van der Waals surface area contributed by atoms with Crippen LogP contribution in [0.5, 0.6) is 0 Å². The number of fused-ring (bicyclic) bond motifs is 3. The first-order valence-electron chi connectivity index (χ1n) is 9.60. The topological polar surface area (TPSA) is 13.1 Å². The molecule has 0 saturated heterocycles. The highest BCUT2D eigenvalue weighted by Gasteiger charge is 2.14. The lowest BCUT2D eigenvalue weighted by Crippen LogP contribution is -1.90. The molecule has 24 heavy (non-hydrogen) atoms. The number of hydrogen-bond donors (Lipinski definition) is 0. The summed E-state index contributed by atoms with van der Waals surface area (Å²) < 4.78 is 6.38. The summed E-state index contributed by atoms with van der Waals surface area (Å²) >= 11 is 0. The molecule has 3 rings (SSSR count). The number of furan rings is 1. The third-order valence-corrected chi connectivity index (χ3v) is 5.38. The van der Waals surface area contributed by atoms with Crippen LogP contribution in [-0.4, -0.2) is 0 Å². The van der Waals surface area contributed by atoms with Gasteiger partial charge in [-0.25, -0.2) is 0 Å². The van der Waals surface area contributed by atoms with Crippen molar-refractivity contribution in [1.29, 1.82) is 0 Å². The fourth-order valence-corrected chi connectivity index (χ4v) is 3.73. The first-order chi connectivity index (χ1) is 11.7. The monoisotopic (exact) mass is 322 g/mol. The van der Waals surface area contributed by atoms with Crippen LogP contribution in [0, 0.1) is 13.8 Å². The highest BCUT2D eigenvalue weighted by atomic mass is 16.3. The molecule has 1 aromatic heterocycles. The van der Waals surface area contributed by atoms with Gasteiger partial charge in [0, 0.05) is 10.8 Å². The van der Waals surface area contributed by atoms with Crippen molar-refractivity contribution >= 4 is 21.9 Å². The fourth-order valence-electron chi connectivity index (χ4n) is 3.73. The zero-order valence-corrected chi connectivity index (χ0v) is 15.7. The summed E-state index contributed by atoms with van der Waals surface area (Å²) in [7, 11) is 0. The molecule has 0 fully saturated rings. The van der Waals surface area contributed by atoms with Crippen LogP contribution in [0.3, 0.4) is 0 Å². The summed E-state index contributed by atoms with van der Waals surface area (Å²) in [6.45, 7) is 8.94. The van der Waals surface area contributed by atoms with E-state index in [1.54, 1.807) is 0 Å². The van der Waals surface area contributed by atoms with Crippen molar-refractivity contribution in [3.05, 3.63) is 46.5 Å². The summed E-state index contributed by atoms with van der Waals surface area (Å²) in [6, 6.07) is 9.13. The molecule has 0 aliphatic carbocycles. The maximum atomic E-state index is 6.38. The molecule has 128 valence electrons. The van der Waals surface area contributed by atoms with Crippen LogP contribution in [0.15, 0.2) is 28.7 Å². The van der Waals surface area contributed by atoms with E-state index in [2.05, 4.69) is 52.0 Å². The molecule has 0 atom stereocenters. The molecule has 2 aromatic carbocycles. The molecule has 0 unspecified atom stereocenters. The van der Waals surface area contributed by atoms with E-state index in [0.717, 1.165) is 24.0 Å². The van der Waals surface area contributed by atoms with Crippen molar-refractivity contribution in [2.75, 3.05) is 0 Å². The summed E-state index contributed by atoms with van der Waals surface area (Å²) in [5, 5.41) is 2.54. The van der Waals surface area contributed by atoms with Crippen molar-refractivity contribution < 1.29 is 4.42 Å². The fraction of sp³-hybridized carbons (Fsp3) is 0.478. The number of aryl methyl sites for hydroxylation is 4. The molecular weight excluding hydrogens is 292 g/mol. The summed E-state index contributed by atoms with van der Waals surface area (Å²) in [6.07, 6.45) is 8.63. The Morgan fingerprint density at radius 3 is 1.67 bits per heavy atom. The van der Waals surface area contributed by atoms with Gasteiger partial charge in [0.1, 0.15) is 11.2 Å². The largest absolute Gasteiger partial charge is 0.455 e. The van der Waals surface area contributed by atoms with Crippen LogP contribution in [0.4, 0.5) is 0 Å². The number of hydrogen-bond acceptors (Lipinski definition) is 1. The van der Waals surface area contributed by atoms with Gasteiger partial charge in [-0.2, -0.15) is 0 Å². The van der Waals surface area contributed by atoms with E-state index in [-0.39, 0.29) is 0 Å². The lowest BCUT2D eigenvalue weighted by Gasteiger charge is -2.05. The molecule has 0 N–H and O–H groups in total. The van der Waals surface area contributed by atoms with Gasteiger partial charge >= 0.3 is 0 Å². The van der Waals surface area contributed by atoms with E-state index in [1.807, 2.05) is 0 Å². The molecule has 1 heteroatoms. The number of benzene rings is 2. The third-order valence-electron chi connectivity index (χ3n) is 5.38. The molecule has 1 nitrogen and oxygen atoms in total. The van der Waals surface area contributed by atoms with Crippen LogP contribution < -0.4 is 0 Å². The summed E-state index contributed by atoms with van der Waals surface area (Å²) in [5.41, 5.74) is 7.71. The Morgan fingerprint density at radius 2 is 1.17 bits per heavy atom. The molecule has 0 bridgehead atoms. The lowest BCUT2D eigenvalue weighted by atomic mass is 9.97. The van der Waals surface area contributed by atoms with Crippen molar-refractivity contribution in [1.82, 2.24) is 0 Å². The average molecular weight is 322 g/mol. The minimum atomic E-state index is 1.09. The van der Waals surface area contributed by atoms with Gasteiger partial charge in [0.25, 0.3) is 0 Å². The maximum Gasteiger partial charge on any atom is 0.138 e. The first-order valence-corrected chi connectivity index (χ1v) is 9.60. The Labute approximate surface area is 146 Å². The van der Waals surface area contributed by atoms with Crippen molar-refractivity contribution in [3.8, 4) is 0 Å². The van der Waals surface area contributed by atoms with Crippen molar-refractivity contribution in [3.63, 3.8) is 0 Å². The molecule has 0 saturated carbocycles. The summed E-state index contributed by atoms with van der Waals surface area (Å²) in [4.78, 5) is 0. The molecule has 0 spiro atoms. The highest BCUT2D eigenvalue weighted by molar-refractivity contribution is 6.07. The number of unbranched alkanes of at least 4 members (excludes halogenated alkanes) is 3. The van der Waals surface area contributed by atoms with Gasteiger partial charge in [-0.3, -0.25) is 0 Å². The molecule has 1 heterocycles. The van der Waals surface area contributed by atoms with E-state index >= 15 is 0 Å². The lowest BCUT2D eigenvalue weighted by molar-refractivity contribution is 0.657. The second-order valence-electron chi connectivity index (χ2n) is 7.12. The van der Waals surface area contributed by atoms with Gasteiger partial charge in [-0.1, -0.05) is 57.4 Å². The molecule has 3 aromatic rings. The molecule has 0 aliphatic rings.